The Balaban J connectivity index is 2.40. The minimum Gasteiger partial charge on any atom is -0.480 e. The van der Waals surface area contributed by atoms with E-state index in [0.29, 0.717) is 0 Å². The van der Waals surface area contributed by atoms with Crippen LogP contribution in [0.2, 0.25) is 0 Å². The third kappa shape index (κ3) is 5.13. The Kier molecular flexibility index (Phi) is 5.57. The lowest BCUT2D eigenvalue weighted by atomic mass is 9.96. The number of amides is 2. The van der Waals surface area contributed by atoms with Gasteiger partial charge in [0.05, 0.1) is 6.42 Å². The fourth-order valence-electron chi connectivity index (χ4n) is 2.01. The molecule has 2 amide bonds. The predicted molar refractivity (Wildman–Crippen MR) is 63.6 cm³/mol. The highest BCUT2D eigenvalue weighted by Gasteiger charge is 2.24. The largest absolute Gasteiger partial charge is 0.480 e. The van der Waals surface area contributed by atoms with Crippen LogP contribution in [0.5, 0.6) is 0 Å². The topological polar surface area (TPSA) is 122 Å². The Hall–Kier alpha value is -1.63. The summed E-state index contributed by atoms with van der Waals surface area (Å²) in [6.07, 6.45) is 1.86. The fourth-order valence-corrected chi connectivity index (χ4v) is 2.01. The van der Waals surface area contributed by atoms with Crippen LogP contribution in [0.1, 0.15) is 25.7 Å². The van der Waals surface area contributed by atoms with E-state index in [9.17, 15) is 14.4 Å². The van der Waals surface area contributed by atoms with E-state index >= 15 is 0 Å². The minimum atomic E-state index is -1.25. The van der Waals surface area contributed by atoms with E-state index in [-0.39, 0.29) is 24.7 Å². The van der Waals surface area contributed by atoms with Crippen LogP contribution in [0.3, 0.4) is 0 Å². The van der Waals surface area contributed by atoms with Gasteiger partial charge in [-0.05, 0) is 31.8 Å². The standard InChI is InChI=1S/C11H19N3O4/c12-9(15)5-8(11(17)18)14-10(16)4-7-2-1-3-13-6-7/h7-8,13H,1-6H2,(H2,12,15)(H,14,16)(H,17,18). The van der Waals surface area contributed by atoms with Crippen molar-refractivity contribution in [2.45, 2.75) is 31.7 Å². The number of nitrogens with one attached hydrogen (secondary N) is 2. The molecule has 0 aromatic carbocycles. The van der Waals surface area contributed by atoms with E-state index in [0.717, 1.165) is 25.9 Å². The summed E-state index contributed by atoms with van der Waals surface area (Å²) in [6, 6.07) is -1.23. The van der Waals surface area contributed by atoms with Gasteiger partial charge in [-0.15, -0.1) is 0 Å². The normalized spacial score (nSPS) is 21.0. The van der Waals surface area contributed by atoms with Crippen molar-refractivity contribution in [3.05, 3.63) is 0 Å². The van der Waals surface area contributed by atoms with Gasteiger partial charge in [0.15, 0.2) is 0 Å². The van der Waals surface area contributed by atoms with Gasteiger partial charge in [-0.25, -0.2) is 4.79 Å². The lowest BCUT2D eigenvalue weighted by molar-refractivity contribution is -0.143. The summed E-state index contributed by atoms with van der Waals surface area (Å²) in [5, 5.41) is 14.3. The highest BCUT2D eigenvalue weighted by Crippen LogP contribution is 2.13. The Bertz CT molecular complexity index is 326. The molecule has 0 saturated carbocycles. The lowest BCUT2D eigenvalue weighted by Gasteiger charge is -2.22. The van der Waals surface area contributed by atoms with Gasteiger partial charge in [0.2, 0.25) is 11.8 Å². The van der Waals surface area contributed by atoms with E-state index < -0.39 is 17.9 Å². The van der Waals surface area contributed by atoms with Gasteiger partial charge in [-0.2, -0.15) is 0 Å². The van der Waals surface area contributed by atoms with Crippen molar-refractivity contribution in [2.75, 3.05) is 13.1 Å². The van der Waals surface area contributed by atoms with Crippen molar-refractivity contribution in [3.63, 3.8) is 0 Å². The molecular formula is C11H19N3O4. The molecule has 1 aliphatic rings. The second kappa shape index (κ2) is 6.95. The first-order valence-electron chi connectivity index (χ1n) is 6.00. The number of piperidine rings is 1. The third-order valence-corrected chi connectivity index (χ3v) is 2.91. The Labute approximate surface area is 105 Å². The molecule has 1 rings (SSSR count). The number of carbonyl (C=O) groups is 3. The first-order chi connectivity index (χ1) is 8.49. The van der Waals surface area contributed by atoms with Crippen molar-refractivity contribution < 1.29 is 19.5 Å². The smallest absolute Gasteiger partial charge is 0.326 e. The highest BCUT2D eigenvalue weighted by atomic mass is 16.4. The average molecular weight is 257 g/mol. The van der Waals surface area contributed by atoms with Gasteiger partial charge in [0.25, 0.3) is 0 Å². The molecule has 7 heteroatoms. The Morgan fingerprint density at radius 3 is 2.67 bits per heavy atom. The molecular weight excluding hydrogens is 238 g/mol. The molecule has 0 aromatic rings. The molecule has 102 valence electrons. The summed E-state index contributed by atoms with van der Waals surface area (Å²) in [5.41, 5.74) is 4.93. The Morgan fingerprint density at radius 2 is 2.17 bits per heavy atom. The Morgan fingerprint density at radius 1 is 1.44 bits per heavy atom. The van der Waals surface area contributed by atoms with Gasteiger partial charge < -0.3 is 21.5 Å². The summed E-state index contributed by atoms with van der Waals surface area (Å²) < 4.78 is 0. The van der Waals surface area contributed by atoms with E-state index in [1.54, 1.807) is 0 Å². The maximum atomic E-state index is 11.7. The number of nitrogens with two attached hydrogens (primary N) is 1. The van der Waals surface area contributed by atoms with Crippen LogP contribution in [-0.2, 0) is 14.4 Å². The molecule has 2 unspecified atom stereocenters. The second-order valence-corrected chi connectivity index (χ2v) is 4.55. The van der Waals surface area contributed by atoms with Crippen LogP contribution in [-0.4, -0.2) is 42.0 Å². The summed E-state index contributed by atoms with van der Waals surface area (Å²) >= 11 is 0. The molecule has 18 heavy (non-hydrogen) atoms. The molecule has 0 aromatic heterocycles. The number of hydrogen-bond donors (Lipinski definition) is 4. The zero-order valence-electron chi connectivity index (χ0n) is 10.1. The van der Waals surface area contributed by atoms with Crippen LogP contribution >= 0.6 is 0 Å². The van der Waals surface area contributed by atoms with Crippen LogP contribution in [0.4, 0.5) is 0 Å². The van der Waals surface area contributed by atoms with Gasteiger partial charge >= 0.3 is 5.97 Å². The van der Waals surface area contributed by atoms with Gasteiger partial charge in [-0.1, -0.05) is 0 Å². The van der Waals surface area contributed by atoms with Crippen molar-refractivity contribution in [3.8, 4) is 0 Å². The molecule has 1 fully saturated rings. The molecule has 0 spiro atoms. The number of primary amides is 1. The number of carboxylic acids is 1. The van der Waals surface area contributed by atoms with E-state index in [2.05, 4.69) is 10.6 Å². The van der Waals surface area contributed by atoms with Crippen molar-refractivity contribution in [2.24, 2.45) is 11.7 Å². The number of carboxylic acid groups (broad SMARTS) is 1. The first kappa shape index (κ1) is 14.4. The fraction of sp³-hybridized carbons (Fsp3) is 0.727. The monoisotopic (exact) mass is 257 g/mol. The molecule has 1 aliphatic heterocycles. The number of hydrogen-bond acceptors (Lipinski definition) is 4. The summed E-state index contributed by atoms with van der Waals surface area (Å²) in [4.78, 5) is 33.2. The maximum absolute atomic E-state index is 11.7. The summed E-state index contributed by atoms with van der Waals surface area (Å²) in [7, 11) is 0. The van der Waals surface area contributed by atoms with Gasteiger partial charge in [-0.3, -0.25) is 9.59 Å². The number of aliphatic carboxylic acids is 1. The van der Waals surface area contributed by atoms with Crippen LogP contribution < -0.4 is 16.4 Å². The molecule has 1 saturated heterocycles. The molecule has 7 nitrogen and oxygen atoms in total. The SMILES string of the molecule is NC(=O)CC(NC(=O)CC1CCCNC1)C(=O)O. The highest BCUT2D eigenvalue weighted by molar-refractivity contribution is 5.88. The molecule has 0 aliphatic carbocycles. The average Bonchev–Trinajstić information content (AvgIpc) is 2.28. The number of carbonyl (C=O) groups excluding carboxylic acids is 2. The van der Waals surface area contributed by atoms with E-state index in [1.807, 2.05) is 0 Å². The van der Waals surface area contributed by atoms with Gasteiger partial charge in [0.1, 0.15) is 6.04 Å². The van der Waals surface area contributed by atoms with Crippen LogP contribution in [0.15, 0.2) is 0 Å². The molecule has 0 bridgehead atoms. The quantitative estimate of drug-likeness (QED) is 0.477. The minimum absolute atomic E-state index is 0.224. The summed E-state index contributed by atoms with van der Waals surface area (Å²) in [5.74, 6) is -2.12. The van der Waals surface area contributed by atoms with Crippen LogP contribution in [0.25, 0.3) is 0 Å². The zero-order valence-corrected chi connectivity index (χ0v) is 10.1. The lowest BCUT2D eigenvalue weighted by Crippen LogP contribution is -2.44. The van der Waals surface area contributed by atoms with E-state index in [1.165, 1.54) is 0 Å². The third-order valence-electron chi connectivity index (χ3n) is 2.91. The van der Waals surface area contributed by atoms with Crippen LogP contribution in [0, 0.1) is 5.92 Å². The molecule has 2 atom stereocenters. The summed E-state index contributed by atoms with van der Waals surface area (Å²) in [6.45, 7) is 1.72. The molecule has 5 N–H and O–H groups in total. The van der Waals surface area contributed by atoms with E-state index in [4.69, 9.17) is 10.8 Å². The van der Waals surface area contributed by atoms with Crippen molar-refractivity contribution in [1.82, 2.24) is 10.6 Å². The maximum Gasteiger partial charge on any atom is 0.326 e. The molecule has 1 heterocycles. The van der Waals surface area contributed by atoms with Crippen molar-refractivity contribution in [1.29, 1.82) is 0 Å². The first-order valence-corrected chi connectivity index (χ1v) is 6.00. The predicted octanol–water partition coefficient (Wildman–Crippen LogP) is -1.18. The zero-order chi connectivity index (χ0) is 13.5. The molecule has 0 radical (unpaired) electrons. The van der Waals surface area contributed by atoms with Crippen molar-refractivity contribution >= 4 is 17.8 Å². The number of rotatable bonds is 6. The second-order valence-electron chi connectivity index (χ2n) is 4.55. The van der Waals surface area contributed by atoms with Gasteiger partial charge in [0, 0.05) is 6.42 Å².